The van der Waals surface area contributed by atoms with Gasteiger partial charge in [0.15, 0.2) is 11.8 Å². The minimum absolute atomic E-state index is 0.109. The lowest BCUT2D eigenvalue weighted by atomic mass is 10.5. The highest BCUT2D eigenvalue weighted by atomic mass is 35.5. The second-order valence-corrected chi connectivity index (χ2v) is 2.23. The van der Waals surface area contributed by atoms with Crippen LogP contribution in [0.15, 0.2) is 6.33 Å². The number of anilines is 1. The molecule has 0 atom stereocenters. The summed E-state index contributed by atoms with van der Waals surface area (Å²) in [7, 11) is 0. The maximum Gasteiger partial charge on any atom is 0.242 e. The number of nitrogens with two attached hydrogens (primary N) is 1. The zero-order valence-corrected chi connectivity index (χ0v) is 6.88. The van der Waals surface area contributed by atoms with Crippen molar-refractivity contribution in [2.24, 2.45) is 0 Å². The number of nitrogens with zero attached hydrogens (tertiary/aromatic N) is 2. The molecule has 2 N–H and O–H groups in total. The summed E-state index contributed by atoms with van der Waals surface area (Å²) in [6.45, 7) is 0.109. The molecular formula is C7H6ClN3O. The molecule has 0 radical (unpaired) electrons. The van der Waals surface area contributed by atoms with E-state index in [2.05, 4.69) is 15.9 Å². The van der Waals surface area contributed by atoms with Crippen molar-refractivity contribution in [1.29, 1.82) is 0 Å². The molecule has 0 spiro atoms. The molecule has 1 aromatic rings. The Labute approximate surface area is 74.7 Å². The van der Waals surface area contributed by atoms with E-state index in [0.29, 0.717) is 0 Å². The van der Waals surface area contributed by atoms with Crippen LogP contribution in [-0.2, 0) is 0 Å². The monoisotopic (exact) mass is 183 g/mol. The first-order valence-corrected chi connectivity index (χ1v) is 3.45. The van der Waals surface area contributed by atoms with Gasteiger partial charge in [0.1, 0.15) is 12.0 Å². The molecule has 0 bridgehead atoms. The quantitative estimate of drug-likeness (QED) is 0.542. The molecule has 4 nitrogen and oxygen atoms in total. The highest BCUT2D eigenvalue weighted by Crippen LogP contribution is 2.23. The van der Waals surface area contributed by atoms with Crippen LogP contribution in [0.5, 0.6) is 5.88 Å². The molecule has 0 aliphatic rings. The van der Waals surface area contributed by atoms with Crippen LogP contribution in [0, 0.1) is 12.3 Å². The van der Waals surface area contributed by atoms with Crippen molar-refractivity contribution in [2.45, 2.75) is 0 Å². The third kappa shape index (κ3) is 1.77. The molecule has 12 heavy (non-hydrogen) atoms. The van der Waals surface area contributed by atoms with Crippen molar-refractivity contribution in [3.8, 4) is 18.2 Å². The van der Waals surface area contributed by atoms with Gasteiger partial charge in [0.05, 0.1) is 0 Å². The molecule has 1 heterocycles. The van der Waals surface area contributed by atoms with Crippen LogP contribution in [0.3, 0.4) is 0 Å². The molecule has 5 heteroatoms. The Kier molecular flexibility index (Phi) is 2.72. The summed E-state index contributed by atoms with van der Waals surface area (Å²) in [4.78, 5) is 7.38. The third-order valence-electron chi connectivity index (χ3n) is 1.09. The van der Waals surface area contributed by atoms with Gasteiger partial charge in [-0.15, -0.1) is 6.42 Å². The summed E-state index contributed by atoms with van der Waals surface area (Å²) in [5.41, 5.74) is 5.68. The van der Waals surface area contributed by atoms with Gasteiger partial charge < -0.3 is 10.5 Å². The predicted octanol–water partition coefficient (Wildman–Crippen LogP) is 0.724. The average molecular weight is 184 g/mol. The standard InChI is InChI=1S/C7H6ClN3O/c1-2-3-12-7-5(9)6(8)10-4-11-7/h1,4H,3,9H2. The van der Waals surface area contributed by atoms with Gasteiger partial charge in [0.25, 0.3) is 0 Å². The van der Waals surface area contributed by atoms with E-state index in [1.54, 1.807) is 0 Å². The van der Waals surface area contributed by atoms with Crippen LogP contribution < -0.4 is 10.5 Å². The minimum atomic E-state index is 0.109. The van der Waals surface area contributed by atoms with E-state index < -0.39 is 0 Å². The second kappa shape index (κ2) is 3.79. The van der Waals surface area contributed by atoms with E-state index in [0.717, 1.165) is 0 Å². The number of ether oxygens (including phenoxy) is 1. The highest BCUT2D eigenvalue weighted by Gasteiger charge is 2.05. The Morgan fingerprint density at radius 3 is 3.08 bits per heavy atom. The molecule has 0 saturated carbocycles. The summed E-state index contributed by atoms with van der Waals surface area (Å²) < 4.78 is 4.97. The average Bonchev–Trinajstić information content (AvgIpc) is 2.08. The maximum atomic E-state index is 5.58. The summed E-state index contributed by atoms with van der Waals surface area (Å²) in [5.74, 6) is 2.50. The van der Waals surface area contributed by atoms with Crippen LogP contribution in [0.1, 0.15) is 0 Å². The second-order valence-electron chi connectivity index (χ2n) is 1.88. The molecule has 0 aliphatic heterocycles. The molecule has 0 unspecified atom stereocenters. The molecule has 0 fully saturated rings. The van der Waals surface area contributed by atoms with Gasteiger partial charge in [0.2, 0.25) is 5.88 Å². The molecular weight excluding hydrogens is 178 g/mol. The van der Waals surface area contributed by atoms with E-state index in [9.17, 15) is 0 Å². The number of rotatable bonds is 2. The number of aromatic nitrogens is 2. The van der Waals surface area contributed by atoms with Crippen molar-refractivity contribution in [2.75, 3.05) is 12.3 Å². The number of hydrogen-bond donors (Lipinski definition) is 1. The Balaban J connectivity index is 2.86. The predicted molar refractivity (Wildman–Crippen MR) is 45.8 cm³/mol. The minimum Gasteiger partial charge on any atom is -0.463 e. The van der Waals surface area contributed by atoms with E-state index in [1.165, 1.54) is 6.33 Å². The zero-order chi connectivity index (χ0) is 8.97. The van der Waals surface area contributed by atoms with Gasteiger partial charge >= 0.3 is 0 Å². The Morgan fingerprint density at radius 1 is 1.67 bits per heavy atom. The first-order chi connectivity index (χ1) is 5.75. The SMILES string of the molecule is C#CCOc1ncnc(Cl)c1N. The van der Waals surface area contributed by atoms with Crippen LogP contribution in [-0.4, -0.2) is 16.6 Å². The molecule has 62 valence electrons. The lowest BCUT2D eigenvalue weighted by Crippen LogP contribution is -2.01. The van der Waals surface area contributed by atoms with E-state index >= 15 is 0 Å². The molecule has 0 amide bonds. The lowest BCUT2D eigenvalue weighted by Gasteiger charge is -2.03. The van der Waals surface area contributed by atoms with Gasteiger partial charge in [-0.2, -0.15) is 4.98 Å². The summed E-state index contributed by atoms with van der Waals surface area (Å²) in [6, 6.07) is 0. The normalized spacial score (nSPS) is 9.00. The first kappa shape index (κ1) is 8.62. The highest BCUT2D eigenvalue weighted by molar-refractivity contribution is 6.32. The fourth-order valence-electron chi connectivity index (χ4n) is 0.584. The third-order valence-corrected chi connectivity index (χ3v) is 1.39. The molecule has 0 aromatic carbocycles. The summed E-state index contributed by atoms with van der Waals surface area (Å²) in [6.07, 6.45) is 6.23. The van der Waals surface area contributed by atoms with E-state index in [4.69, 9.17) is 28.5 Å². The van der Waals surface area contributed by atoms with Gasteiger partial charge in [-0.1, -0.05) is 17.5 Å². The Hall–Kier alpha value is -1.47. The molecule has 1 rings (SSSR count). The van der Waals surface area contributed by atoms with E-state index in [1.807, 2.05) is 0 Å². The van der Waals surface area contributed by atoms with Crippen molar-refractivity contribution in [3.05, 3.63) is 11.5 Å². The van der Waals surface area contributed by atoms with E-state index in [-0.39, 0.29) is 23.3 Å². The van der Waals surface area contributed by atoms with Crippen molar-refractivity contribution in [3.63, 3.8) is 0 Å². The Bertz CT molecular complexity index is 321. The molecule has 0 saturated heterocycles. The smallest absolute Gasteiger partial charge is 0.242 e. The summed E-state index contributed by atoms with van der Waals surface area (Å²) >= 11 is 5.58. The molecule has 0 aliphatic carbocycles. The van der Waals surface area contributed by atoms with Gasteiger partial charge in [-0.25, -0.2) is 4.98 Å². The van der Waals surface area contributed by atoms with Crippen LogP contribution in [0.25, 0.3) is 0 Å². The largest absolute Gasteiger partial charge is 0.463 e. The van der Waals surface area contributed by atoms with Gasteiger partial charge in [-0.05, 0) is 0 Å². The van der Waals surface area contributed by atoms with Crippen molar-refractivity contribution >= 4 is 17.3 Å². The van der Waals surface area contributed by atoms with Crippen molar-refractivity contribution in [1.82, 2.24) is 9.97 Å². The van der Waals surface area contributed by atoms with Gasteiger partial charge in [-0.3, -0.25) is 0 Å². The van der Waals surface area contributed by atoms with Crippen LogP contribution >= 0.6 is 11.6 Å². The van der Waals surface area contributed by atoms with Gasteiger partial charge in [0, 0.05) is 0 Å². The number of nitrogen functional groups attached to an aromatic ring is 1. The number of terminal acetylenes is 1. The number of hydrogen-bond acceptors (Lipinski definition) is 4. The topological polar surface area (TPSA) is 61.0 Å². The lowest BCUT2D eigenvalue weighted by molar-refractivity contribution is 0.357. The maximum absolute atomic E-state index is 5.58. The molecule has 1 aromatic heterocycles. The summed E-state index contributed by atoms with van der Waals surface area (Å²) in [5, 5.41) is 0.164. The Morgan fingerprint density at radius 2 is 2.42 bits per heavy atom. The first-order valence-electron chi connectivity index (χ1n) is 3.08. The fraction of sp³-hybridized carbons (Fsp3) is 0.143. The number of halogens is 1. The van der Waals surface area contributed by atoms with Crippen LogP contribution in [0.2, 0.25) is 5.15 Å². The fourth-order valence-corrected chi connectivity index (χ4v) is 0.709. The zero-order valence-electron chi connectivity index (χ0n) is 6.12. The van der Waals surface area contributed by atoms with Crippen molar-refractivity contribution < 1.29 is 4.74 Å². The van der Waals surface area contributed by atoms with Crippen LogP contribution in [0.4, 0.5) is 5.69 Å².